The van der Waals surface area contributed by atoms with E-state index in [-0.39, 0.29) is 0 Å². The highest BCUT2D eigenvalue weighted by molar-refractivity contribution is 8.34. The van der Waals surface area contributed by atoms with Crippen molar-refractivity contribution in [3.8, 4) is 0 Å². The van der Waals surface area contributed by atoms with Crippen LogP contribution in [0, 0.1) is 6.92 Å². The smallest absolute Gasteiger partial charge is 0.0406 e. The summed E-state index contributed by atoms with van der Waals surface area (Å²) in [6, 6.07) is 33.3. The van der Waals surface area contributed by atoms with Gasteiger partial charge in [0.05, 0.1) is 0 Å². The Labute approximate surface area is 188 Å². The average molecular weight is 458 g/mol. The topological polar surface area (TPSA) is 0 Å². The summed E-state index contributed by atoms with van der Waals surface area (Å²) < 4.78 is 0. The molecule has 0 nitrogen and oxygen atoms in total. The molecule has 0 aliphatic heterocycles. The molecule has 4 heteroatoms. The fourth-order valence-electron chi connectivity index (χ4n) is 3.48. The molecular formula is C25H19Cl3S. The Hall–Kier alpha value is -1.90. The molecule has 0 saturated heterocycles. The van der Waals surface area contributed by atoms with Crippen LogP contribution in [-0.4, -0.2) is 0 Å². The van der Waals surface area contributed by atoms with Crippen LogP contribution in [0.3, 0.4) is 0 Å². The molecule has 0 amide bonds. The zero-order chi connectivity index (χ0) is 20.4. The van der Waals surface area contributed by atoms with Gasteiger partial charge < -0.3 is 0 Å². The Balaban J connectivity index is 2.11. The van der Waals surface area contributed by atoms with E-state index in [4.69, 9.17) is 34.8 Å². The summed E-state index contributed by atoms with van der Waals surface area (Å²) in [6.07, 6.45) is 0. The van der Waals surface area contributed by atoms with Crippen LogP contribution >= 0.6 is 44.8 Å². The van der Waals surface area contributed by atoms with Crippen molar-refractivity contribution in [1.82, 2.24) is 0 Å². The lowest BCUT2D eigenvalue weighted by Gasteiger charge is -2.42. The first kappa shape index (κ1) is 20.4. The molecule has 0 heterocycles. The first-order valence-electron chi connectivity index (χ1n) is 9.17. The minimum atomic E-state index is -1.75. The van der Waals surface area contributed by atoms with Crippen molar-refractivity contribution in [2.24, 2.45) is 0 Å². The third-order valence-electron chi connectivity index (χ3n) is 4.88. The van der Waals surface area contributed by atoms with E-state index in [1.165, 1.54) is 25.1 Å². The third-order valence-corrected chi connectivity index (χ3v) is 9.55. The molecule has 0 unspecified atom stereocenters. The van der Waals surface area contributed by atoms with Crippen LogP contribution in [-0.2, 0) is 0 Å². The number of aryl methyl sites for hydroxylation is 1. The molecule has 29 heavy (non-hydrogen) atoms. The van der Waals surface area contributed by atoms with Crippen LogP contribution in [0.1, 0.15) is 5.56 Å². The van der Waals surface area contributed by atoms with E-state index in [2.05, 4.69) is 67.6 Å². The molecule has 0 aliphatic carbocycles. The Kier molecular flexibility index (Phi) is 5.94. The molecule has 4 rings (SSSR count). The van der Waals surface area contributed by atoms with Crippen LogP contribution in [0.15, 0.2) is 117 Å². The lowest BCUT2D eigenvalue weighted by molar-refractivity contribution is 1.23. The van der Waals surface area contributed by atoms with Crippen molar-refractivity contribution in [3.05, 3.63) is 118 Å². The van der Waals surface area contributed by atoms with E-state index in [9.17, 15) is 0 Å². The van der Waals surface area contributed by atoms with Crippen molar-refractivity contribution >= 4 is 44.8 Å². The number of benzene rings is 4. The highest BCUT2D eigenvalue weighted by Gasteiger charge is 2.33. The van der Waals surface area contributed by atoms with Crippen molar-refractivity contribution in [2.75, 3.05) is 0 Å². The fraction of sp³-hybridized carbons (Fsp3) is 0.0400. The van der Waals surface area contributed by atoms with Gasteiger partial charge in [0.25, 0.3) is 0 Å². The Morgan fingerprint density at radius 2 is 0.655 bits per heavy atom. The van der Waals surface area contributed by atoms with Gasteiger partial charge in [0.2, 0.25) is 0 Å². The maximum absolute atomic E-state index is 6.24. The molecule has 0 atom stereocenters. The monoisotopic (exact) mass is 456 g/mol. The van der Waals surface area contributed by atoms with E-state index in [0.29, 0.717) is 0 Å². The quantitative estimate of drug-likeness (QED) is 0.286. The normalized spacial score (nSPS) is 12.0. The highest BCUT2D eigenvalue weighted by atomic mass is 35.5. The summed E-state index contributed by atoms with van der Waals surface area (Å²) in [5.41, 5.74) is 1.23. The molecule has 0 fully saturated rings. The average Bonchev–Trinajstić information content (AvgIpc) is 2.73. The van der Waals surface area contributed by atoms with Gasteiger partial charge in [-0.2, -0.15) is 0 Å². The molecule has 0 radical (unpaired) electrons. The van der Waals surface area contributed by atoms with Crippen LogP contribution < -0.4 is 0 Å². The molecule has 0 aromatic heterocycles. The summed E-state index contributed by atoms with van der Waals surface area (Å²) in [4.78, 5) is 4.86. The highest BCUT2D eigenvalue weighted by Crippen LogP contribution is 2.73. The molecule has 0 bridgehead atoms. The Bertz CT molecular complexity index is 913. The zero-order valence-electron chi connectivity index (χ0n) is 15.8. The first-order valence-corrected chi connectivity index (χ1v) is 11.9. The number of halogens is 3. The van der Waals surface area contributed by atoms with Gasteiger partial charge in [-0.3, -0.25) is 0 Å². The molecule has 0 saturated carbocycles. The Morgan fingerprint density at radius 3 is 0.931 bits per heavy atom. The maximum atomic E-state index is 6.24. The van der Waals surface area contributed by atoms with Crippen molar-refractivity contribution < 1.29 is 0 Å². The number of rotatable bonds is 4. The third kappa shape index (κ3) is 3.93. The molecule has 0 N–H and O–H groups in total. The van der Waals surface area contributed by atoms with Crippen LogP contribution in [0.4, 0.5) is 0 Å². The summed E-state index contributed by atoms with van der Waals surface area (Å²) >= 11 is 18.7. The van der Waals surface area contributed by atoms with Gasteiger partial charge >= 0.3 is 0 Å². The van der Waals surface area contributed by atoms with E-state index in [1.807, 2.05) is 36.4 Å². The van der Waals surface area contributed by atoms with Crippen molar-refractivity contribution in [1.29, 1.82) is 0 Å². The predicted molar refractivity (Wildman–Crippen MR) is 126 cm³/mol. The van der Waals surface area contributed by atoms with E-state index in [0.717, 1.165) is 15.1 Å². The van der Waals surface area contributed by atoms with E-state index < -0.39 is 10.0 Å². The summed E-state index contributed by atoms with van der Waals surface area (Å²) in [5.74, 6) is 0. The molecular weight excluding hydrogens is 439 g/mol. The van der Waals surface area contributed by atoms with Crippen molar-refractivity contribution in [2.45, 2.75) is 26.5 Å². The van der Waals surface area contributed by atoms with Gasteiger partial charge in [-0.1, -0.05) is 52.5 Å². The number of hydrogen-bond acceptors (Lipinski definition) is 0. The van der Waals surface area contributed by atoms with Gasteiger partial charge in [-0.25, -0.2) is 0 Å². The lowest BCUT2D eigenvalue weighted by Crippen LogP contribution is -2.05. The molecule has 146 valence electrons. The molecule has 4 aromatic carbocycles. The van der Waals surface area contributed by atoms with Gasteiger partial charge in [0, 0.05) is 34.6 Å². The molecule has 4 aromatic rings. The number of hydrogen-bond donors (Lipinski definition) is 0. The fourth-order valence-corrected chi connectivity index (χ4v) is 7.66. The second-order valence-corrected chi connectivity index (χ2v) is 11.2. The SMILES string of the molecule is Cc1ccc(S(c2ccc(Cl)cc2)(c2ccc(Cl)cc2)c2ccc(Cl)cc2)cc1. The van der Waals surface area contributed by atoms with E-state index >= 15 is 0 Å². The van der Waals surface area contributed by atoms with E-state index in [1.54, 1.807) is 0 Å². The predicted octanol–water partition coefficient (Wildman–Crippen LogP) is 9.30. The van der Waals surface area contributed by atoms with Crippen LogP contribution in [0.2, 0.25) is 15.1 Å². The van der Waals surface area contributed by atoms with Gasteiger partial charge in [0.15, 0.2) is 0 Å². The zero-order valence-corrected chi connectivity index (χ0v) is 18.9. The second kappa shape index (κ2) is 8.45. The van der Waals surface area contributed by atoms with Crippen LogP contribution in [0.5, 0.6) is 0 Å². The minimum Gasteiger partial charge on any atom is -0.133 e. The summed E-state index contributed by atoms with van der Waals surface area (Å²) in [6.45, 7) is 2.10. The van der Waals surface area contributed by atoms with Gasteiger partial charge in [-0.15, -0.1) is 10.0 Å². The maximum Gasteiger partial charge on any atom is 0.0406 e. The van der Waals surface area contributed by atoms with Crippen molar-refractivity contribution in [3.63, 3.8) is 0 Å². The second-order valence-electron chi connectivity index (χ2n) is 6.79. The molecule has 0 spiro atoms. The van der Waals surface area contributed by atoms with Gasteiger partial charge in [0.1, 0.15) is 0 Å². The minimum absolute atomic E-state index is 0.721. The first-order chi connectivity index (χ1) is 14.0. The van der Waals surface area contributed by atoms with Gasteiger partial charge in [-0.05, 0) is 91.9 Å². The lowest BCUT2D eigenvalue weighted by atomic mass is 10.2. The summed E-state index contributed by atoms with van der Waals surface area (Å²) in [5, 5.41) is 2.16. The van der Waals surface area contributed by atoms with Crippen LogP contribution in [0.25, 0.3) is 0 Å². The largest absolute Gasteiger partial charge is 0.133 e. The molecule has 0 aliphatic rings. The summed E-state index contributed by atoms with van der Waals surface area (Å²) in [7, 11) is -1.75. The Morgan fingerprint density at radius 1 is 0.414 bits per heavy atom. The standard InChI is InChI=1S/C25H19Cl3S/c1-18-2-10-22(11-3-18)29(23-12-4-19(26)5-13-23,24-14-6-20(27)7-15-24)25-16-8-21(28)9-17-25/h2-17H,1H3.